The van der Waals surface area contributed by atoms with Crippen molar-refractivity contribution in [3.63, 3.8) is 0 Å². The van der Waals surface area contributed by atoms with Crippen molar-refractivity contribution in [1.82, 2.24) is 10.1 Å². The van der Waals surface area contributed by atoms with Gasteiger partial charge in [-0.25, -0.2) is 0 Å². The SMILES string of the molecule is CCc1occc1-c1noc(N)c1-c1cccnc1. The number of hydrogen-bond acceptors (Lipinski definition) is 5. The highest BCUT2D eigenvalue weighted by Gasteiger charge is 2.20. The molecule has 0 radical (unpaired) electrons. The third-order valence-electron chi connectivity index (χ3n) is 2.99. The highest BCUT2D eigenvalue weighted by atomic mass is 16.5. The van der Waals surface area contributed by atoms with E-state index in [0.29, 0.717) is 5.69 Å². The zero-order valence-corrected chi connectivity index (χ0v) is 10.5. The van der Waals surface area contributed by atoms with E-state index in [9.17, 15) is 0 Å². The molecule has 0 fully saturated rings. The van der Waals surface area contributed by atoms with E-state index in [1.165, 1.54) is 0 Å². The average Bonchev–Trinajstić information content (AvgIpc) is 3.05. The molecule has 0 saturated heterocycles. The second-order valence-corrected chi connectivity index (χ2v) is 4.12. The van der Waals surface area contributed by atoms with E-state index in [0.717, 1.165) is 28.9 Å². The Kier molecular flexibility index (Phi) is 2.79. The molecule has 0 atom stereocenters. The Bertz CT molecular complexity index is 686. The van der Waals surface area contributed by atoms with Crippen LogP contribution in [0.5, 0.6) is 0 Å². The third kappa shape index (κ3) is 1.89. The summed E-state index contributed by atoms with van der Waals surface area (Å²) >= 11 is 0. The fourth-order valence-electron chi connectivity index (χ4n) is 2.10. The standard InChI is InChI=1S/C14H13N3O2/c1-2-11-10(5-7-18-11)13-12(14(15)19-17-13)9-4-3-6-16-8-9/h3-8H,2,15H2,1H3. The third-order valence-corrected chi connectivity index (χ3v) is 2.99. The first-order chi connectivity index (χ1) is 9.31. The van der Waals surface area contributed by atoms with Crippen LogP contribution in [-0.4, -0.2) is 10.1 Å². The van der Waals surface area contributed by atoms with E-state index in [-0.39, 0.29) is 5.88 Å². The predicted molar refractivity (Wildman–Crippen MR) is 71.2 cm³/mol. The van der Waals surface area contributed by atoms with Gasteiger partial charge in [0.1, 0.15) is 11.5 Å². The van der Waals surface area contributed by atoms with Gasteiger partial charge in [-0.1, -0.05) is 18.1 Å². The first-order valence-corrected chi connectivity index (χ1v) is 6.03. The van der Waals surface area contributed by atoms with Crippen molar-refractivity contribution in [2.24, 2.45) is 0 Å². The van der Waals surface area contributed by atoms with Crippen molar-refractivity contribution in [2.75, 3.05) is 5.73 Å². The van der Waals surface area contributed by atoms with Gasteiger partial charge in [-0.05, 0) is 12.1 Å². The van der Waals surface area contributed by atoms with Crippen molar-refractivity contribution in [1.29, 1.82) is 0 Å². The van der Waals surface area contributed by atoms with Gasteiger partial charge < -0.3 is 14.7 Å². The average molecular weight is 255 g/mol. The van der Waals surface area contributed by atoms with Gasteiger partial charge in [-0.3, -0.25) is 4.98 Å². The van der Waals surface area contributed by atoms with E-state index in [2.05, 4.69) is 10.1 Å². The summed E-state index contributed by atoms with van der Waals surface area (Å²) in [5.41, 5.74) is 9.11. The van der Waals surface area contributed by atoms with Crippen LogP contribution >= 0.6 is 0 Å². The zero-order valence-electron chi connectivity index (χ0n) is 10.5. The van der Waals surface area contributed by atoms with Gasteiger partial charge in [0.2, 0.25) is 5.88 Å². The number of nitrogen functional groups attached to an aromatic ring is 1. The fourth-order valence-corrected chi connectivity index (χ4v) is 2.10. The first kappa shape index (κ1) is 11.5. The maximum absolute atomic E-state index is 5.88. The molecule has 0 bridgehead atoms. The second-order valence-electron chi connectivity index (χ2n) is 4.12. The van der Waals surface area contributed by atoms with Gasteiger partial charge in [0, 0.05) is 29.9 Å². The molecule has 0 aliphatic heterocycles. The highest BCUT2D eigenvalue weighted by Crippen LogP contribution is 2.37. The molecule has 3 rings (SSSR count). The fraction of sp³-hybridized carbons (Fsp3) is 0.143. The van der Waals surface area contributed by atoms with Crippen LogP contribution in [0.25, 0.3) is 22.4 Å². The molecule has 2 N–H and O–H groups in total. The van der Waals surface area contributed by atoms with Gasteiger partial charge >= 0.3 is 0 Å². The van der Waals surface area contributed by atoms with Crippen LogP contribution in [0.4, 0.5) is 5.88 Å². The van der Waals surface area contributed by atoms with Crippen molar-refractivity contribution >= 4 is 5.88 Å². The number of rotatable bonds is 3. The minimum absolute atomic E-state index is 0.284. The van der Waals surface area contributed by atoms with Crippen molar-refractivity contribution in [3.05, 3.63) is 42.6 Å². The topological polar surface area (TPSA) is 78.1 Å². The molecule has 96 valence electrons. The number of hydrogen-bond donors (Lipinski definition) is 1. The number of furan rings is 1. The largest absolute Gasteiger partial charge is 0.469 e. The molecule has 0 amide bonds. The molecule has 0 saturated carbocycles. The molecule has 5 heteroatoms. The van der Waals surface area contributed by atoms with Gasteiger partial charge in [0.25, 0.3) is 0 Å². The number of aromatic nitrogens is 2. The molecule has 0 unspecified atom stereocenters. The van der Waals surface area contributed by atoms with E-state index in [1.807, 2.05) is 25.1 Å². The molecule has 3 aromatic rings. The summed E-state index contributed by atoms with van der Waals surface area (Å²) in [6.07, 6.45) is 5.87. The molecule has 0 aliphatic rings. The number of nitrogens with two attached hydrogens (primary N) is 1. The van der Waals surface area contributed by atoms with Crippen molar-refractivity contribution in [2.45, 2.75) is 13.3 Å². The first-order valence-electron chi connectivity index (χ1n) is 6.03. The van der Waals surface area contributed by atoms with Crippen LogP contribution in [0, 0.1) is 0 Å². The summed E-state index contributed by atoms with van der Waals surface area (Å²) in [6.45, 7) is 2.02. The molecule has 0 spiro atoms. The Morgan fingerprint density at radius 2 is 2.21 bits per heavy atom. The summed E-state index contributed by atoms with van der Waals surface area (Å²) in [5.74, 6) is 1.14. The van der Waals surface area contributed by atoms with Crippen molar-refractivity contribution in [3.8, 4) is 22.4 Å². The predicted octanol–water partition coefficient (Wildman–Crippen LogP) is 3.14. The molecule has 5 nitrogen and oxygen atoms in total. The van der Waals surface area contributed by atoms with E-state index in [4.69, 9.17) is 14.7 Å². The smallest absolute Gasteiger partial charge is 0.230 e. The highest BCUT2D eigenvalue weighted by molar-refractivity contribution is 5.87. The van der Waals surface area contributed by atoms with Gasteiger partial charge in [0.05, 0.1) is 11.8 Å². The molecule has 3 heterocycles. The Hall–Kier alpha value is -2.56. The lowest BCUT2D eigenvalue weighted by Crippen LogP contribution is -1.89. The summed E-state index contributed by atoms with van der Waals surface area (Å²) in [7, 11) is 0. The minimum atomic E-state index is 0.284. The maximum atomic E-state index is 5.88. The summed E-state index contributed by atoms with van der Waals surface area (Å²) in [4.78, 5) is 4.10. The van der Waals surface area contributed by atoms with Crippen LogP contribution in [0.1, 0.15) is 12.7 Å². The van der Waals surface area contributed by atoms with Gasteiger partial charge in [0.15, 0.2) is 0 Å². The summed E-state index contributed by atoms with van der Waals surface area (Å²) in [5, 5.41) is 4.06. The van der Waals surface area contributed by atoms with E-state index >= 15 is 0 Å². The summed E-state index contributed by atoms with van der Waals surface area (Å²) < 4.78 is 10.6. The van der Waals surface area contributed by atoms with E-state index in [1.54, 1.807) is 18.7 Å². The minimum Gasteiger partial charge on any atom is -0.469 e. The van der Waals surface area contributed by atoms with Crippen LogP contribution in [-0.2, 0) is 6.42 Å². The lowest BCUT2D eigenvalue weighted by atomic mass is 10.0. The Balaban J connectivity index is 2.20. The summed E-state index contributed by atoms with van der Waals surface area (Å²) in [6, 6.07) is 5.64. The molecule has 0 aliphatic carbocycles. The second kappa shape index (κ2) is 4.61. The van der Waals surface area contributed by atoms with E-state index < -0.39 is 0 Å². The number of aryl methyl sites for hydroxylation is 1. The lowest BCUT2D eigenvalue weighted by Gasteiger charge is -2.01. The lowest BCUT2D eigenvalue weighted by molar-refractivity contribution is 0.439. The maximum Gasteiger partial charge on any atom is 0.230 e. The quantitative estimate of drug-likeness (QED) is 0.777. The Morgan fingerprint density at radius 1 is 1.32 bits per heavy atom. The van der Waals surface area contributed by atoms with Crippen molar-refractivity contribution < 1.29 is 8.94 Å². The van der Waals surface area contributed by atoms with Crippen LogP contribution in [0.3, 0.4) is 0 Å². The molecule has 3 aromatic heterocycles. The molecule has 19 heavy (non-hydrogen) atoms. The van der Waals surface area contributed by atoms with Crippen LogP contribution < -0.4 is 5.73 Å². The molecule has 0 aromatic carbocycles. The Labute approximate surface area is 110 Å². The zero-order chi connectivity index (χ0) is 13.2. The Morgan fingerprint density at radius 3 is 2.95 bits per heavy atom. The number of nitrogens with zero attached hydrogens (tertiary/aromatic N) is 2. The monoisotopic (exact) mass is 255 g/mol. The van der Waals surface area contributed by atoms with Crippen LogP contribution in [0.15, 0.2) is 45.8 Å². The van der Waals surface area contributed by atoms with Gasteiger partial charge in [-0.15, -0.1) is 0 Å². The van der Waals surface area contributed by atoms with Gasteiger partial charge in [-0.2, -0.15) is 0 Å². The normalized spacial score (nSPS) is 10.8. The molecular weight excluding hydrogens is 242 g/mol. The molecular formula is C14H13N3O2. The van der Waals surface area contributed by atoms with Crippen LogP contribution in [0.2, 0.25) is 0 Å². The number of anilines is 1. The number of pyridine rings is 1.